The molecule has 2 N–H and O–H groups in total. The van der Waals surface area contributed by atoms with Crippen molar-refractivity contribution in [2.75, 3.05) is 5.32 Å². The summed E-state index contributed by atoms with van der Waals surface area (Å²) in [5.41, 5.74) is 3.70. The van der Waals surface area contributed by atoms with Crippen LogP contribution in [-0.2, 0) is 13.6 Å². The van der Waals surface area contributed by atoms with Gasteiger partial charge < -0.3 is 9.88 Å². The standard InChI is InChI=1S/C19H19N7O/c1-13-20-8-9-26(13)12-14-4-3-5-15(10-14)23-19(27)16-11-21-24-18(16)17-6-7-22-25(17)2/h3-11H,12H2,1-2H3,(H,21,24)(H,23,27). The normalized spacial score (nSPS) is 10.9. The van der Waals surface area contributed by atoms with E-state index in [4.69, 9.17) is 0 Å². The Hall–Kier alpha value is -3.68. The first-order valence-corrected chi connectivity index (χ1v) is 8.51. The number of carbonyl (C=O) groups excluding carboxylic acids is 1. The third kappa shape index (κ3) is 3.37. The van der Waals surface area contributed by atoms with E-state index < -0.39 is 0 Å². The highest BCUT2D eigenvalue weighted by Gasteiger charge is 2.17. The van der Waals surface area contributed by atoms with Gasteiger partial charge in [-0.15, -0.1) is 0 Å². The summed E-state index contributed by atoms with van der Waals surface area (Å²) in [5, 5.41) is 14.0. The Balaban J connectivity index is 1.54. The number of anilines is 1. The first-order valence-electron chi connectivity index (χ1n) is 8.51. The van der Waals surface area contributed by atoms with Crippen molar-refractivity contribution in [3.05, 3.63) is 72.1 Å². The van der Waals surface area contributed by atoms with Gasteiger partial charge in [0.1, 0.15) is 5.82 Å². The lowest BCUT2D eigenvalue weighted by atomic mass is 10.1. The fraction of sp³-hybridized carbons (Fsp3) is 0.158. The highest BCUT2D eigenvalue weighted by atomic mass is 16.1. The lowest BCUT2D eigenvalue weighted by molar-refractivity contribution is 0.102. The van der Waals surface area contributed by atoms with Crippen molar-refractivity contribution in [3.63, 3.8) is 0 Å². The minimum atomic E-state index is -0.226. The molecule has 27 heavy (non-hydrogen) atoms. The highest BCUT2D eigenvalue weighted by molar-refractivity contribution is 6.07. The maximum absolute atomic E-state index is 12.8. The first-order chi connectivity index (χ1) is 13.1. The van der Waals surface area contributed by atoms with E-state index in [-0.39, 0.29) is 5.91 Å². The number of amides is 1. The van der Waals surface area contributed by atoms with Crippen LogP contribution in [0.25, 0.3) is 11.4 Å². The molecule has 0 aliphatic carbocycles. The third-order valence-electron chi connectivity index (χ3n) is 4.42. The number of carbonyl (C=O) groups is 1. The molecular weight excluding hydrogens is 342 g/mol. The number of aryl methyl sites for hydroxylation is 2. The second-order valence-corrected chi connectivity index (χ2v) is 6.26. The molecule has 0 unspecified atom stereocenters. The second kappa shape index (κ2) is 6.91. The average Bonchev–Trinajstić information content (AvgIpc) is 3.37. The molecule has 3 heterocycles. The van der Waals surface area contributed by atoms with Crippen LogP contribution in [0.3, 0.4) is 0 Å². The lowest BCUT2D eigenvalue weighted by Gasteiger charge is -2.09. The van der Waals surface area contributed by atoms with Gasteiger partial charge in [-0.1, -0.05) is 12.1 Å². The minimum Gasteiger partial charge on any atom is -0.331 e. The molecule has 0 spiro atoms. The highest BCUT2D eigenvalue weighted by Crippen LogP contribution is 2.21. The van der Waals surface area contributed by atoms with Crippen molar-refractivity contribution in [2.24, 2.45) is 7.05 Å². The van der Waals surface area contributed by atoms with Gasteiger partial charge in [0.25, 0.3) is 5.91 Å². The third-order valence-corrected chi connectivity index (χ3v) is 4.42. The molecule has 1 amide bonds. The molecule has 0 saturated heterocycles. The van der Waals surface area contributed by atoms with E-state index in [9.17, 15) is 4.79 Å². The molecule has 0 aliphatic heterocycles. The molecular formula is C19H19N7O. The second-order valence-electron chi connectivity index (χ2n) is 6.26. The van der Waals surface area contributed by atoms with Gasteiger partial charge in [0, 0.05) is 37.9 Å². The summed E-state index contributed by atoms with van der Waals surface area (Å²) in [6, 6.07) is 9.61. The van der Waals surface area contributed by atoms with Crippen molar-refractivity contribution in [1.29, 1.82) is 0 Å². The van der Waals surface area contributed by atoms with Crippen molar-refractivity contribution in [1.82, 2.24) is 29.5 Å². The molecule has 0 saturated carbocycles. The Morgan fingerprint density at radius 1 is 1.26 bits per heavy atom. The molecule has 0 bridgehead atoms. The molecule has 8 nitrogen and oxygen atoms in total. The summed E-state index contributed by atoms with van der Waals surface area (Å²) in [6.07, 6.45) is 6.92. The summed E-state index contributed by atoms with van der Waals surface area (Å²) in [7, 11) is 1.82. The van der Waals surface area contributed by atoms with Crippen LogP contribution < -0.4 is 5.32 Å². The maximum atomic E-state index is 12.8. The average molecular weight is 361 g/mol. The van der Waals surface area contributed by atoms with Crippen LogP contribution in [0.4, 0.5) is 5.69 Å². The van der Waals surface area contributed by atoms with Gasteiger partial charge in [0.2, 0.25) is 0 Å². The Labute approximate surface area is 155 Å². The number of aromatic amines is 1. The van der Waals surface area contributed by atoms with E-state index in [0.717, 1.165) is 22.8 Å². The molecule has 1 aromatic carbocycles. The Kier molecular flexibility index (Phi) is 4.29. The van der Waals surface area contributed by atoms with Gasteiger partial charge in [0.05, 0.1) is 23.1 Å². The number of rotatable bonds is 5. The van der Waals surface area contributed by atoms with Crippen molar-refractivity contribution >= 4 is 11.6 Å². The predicted octanol–water partition coefficient (Wildman–Crippen LogP) is 2.62. The number of hydrogen-bond acceptors (Lipinski definition) is 4. The van der Waals surface area contributed by atoms with Gasteiger partial charge in [-0.25, -0.2) is 4.98 Å². The molecule has 4 rings (SSSR count). The number of nitrogens with zero attached hydrogens (tertiary/aromatic N) is 5. The zero-order chi connectivity index (χ0) is 18.8. The van der Waals surface area contributed by atoms with Gasteiger partial charge >= 0.3 is 0 Å². The zero-order valence-corrected chi connectivity index (χ0v) is 15.0. The molecule has 8 heteroatoms. The van der Waals surface area contributed by atoms with Gasteiger partial charge in [0.15, 0.2) is 0 Å². The van der Waals surface area contributed by atoms with Crippen molar-refractivity contribution < 1.29 is 4.79 Å². The maximum Gasteiger partial charge on any atom is 0.259 e. The van der Waals surface area contributed by atoms with Crippen LogP contribution in [0.5, 0.6) is 0 Å². The number of benzene rings is 1. The van der Waals surface area contributed by atoms with Crippen LogP contribution in [0.1, 0.15) is 21.7 Å². The Morgan fingerprint density at radius 3 is 2.89 bits per heavy atom. The van der Waals surface area contributed by atoms with E-state index in [2.05, 4.69) is 30.2 Å². The van der Waals surface area contributed by atoms with Crippen LogP contribution in [-0.4, -0.2) is 35.4 Å². The molecule has 0 radical (unpaired) electrons. The van der Waals surface area contributed by atoms with E-state index in [1.807, 2.05) is 50.5 Å². The molecule has 0 fully saturated rings. The predicted molar refractivity (Wildman–Crippen MR) is 101 cm³/mol. The van der Waals surface area contributed by atoms with Crippen LogP contribution >= 0.6 is 0 Å². The van der Waals surface area contributed by atoms with Crippen LogP contribution in [0, 0.1) is 6.92 Å². The lowest BCUT2D eigenvalue weighted by Crippen LogP contribution is -2.13. The number of aromatic nitrogens is 6. The molecule has 0 aliphatic rings. The molecule has 136 valence electrons. The van der Waals surface area contributed by atoms with Crippen molar-refractivity contribution in [2.45, 2.75) is 13.5 Å². The van der Waals surface area contributed by atoms with E-state index in [1.54, 1.807) is 17.1 Å². The fourth-order valence-electron chi connectivity index (χ4n) is 2.99. The topological polar surface area (TPSA) is 93.4 Å². The fourth-order valence-corrected chi connectivity index (χ4v) is 2.99. The van der Waals surface area contributed by atoms with E-state index >= 15 is 0 Å². The minimum absolute atomic E-state index is 0.226. The van der Waals surface area contributed by atoms with E-state index in [1.165, 1.54) is 6.20 Å². The number of imidazole rings is 1. The Morgan fingerprint density at radius 2 is 2.15 bits per heavy atom. The van der Waals surface area contributed by atoms with Crippen LogP contribution in [0.2, 0.25) is 0 Å². The quantitative estimate of drug-likeness (QED) is 0.571. The zero-order valence-electron chi connectivity index (χ0n) is 15.0. The first kappa shape index (κ1) is 16.8. The van der Waals surface area contributed by atoms with E-state index in [0.29, 0.717) is 17.8 Å². The summed E-state index contributed by atoms with van der Waals surface area (Å²) >= 11 is 0. The molecule has 4 aromatic rings. The molecule has 0 atom stereocenters. The number of hydrogen-bond donors (Lipinski definition) is 2. The smallest absolute Gasteiger partial charge is 0.259 e. The largest absolute Gasteiger partial charge is 0.331 e. The SMILES string of the molecule is Cc1nccn1Cc1cccc(NC(=O)c2cn[nH]c2-c2ccnn2C)c1. The monoisotopic (exact) mass is 361 g/mol. The summed E-state index contributed by atoms with van der Waals surface area (Å²) in [6.45, 7) is 2.66. The number of H-pyrrole nitrogens is 1. The number of nitrogens with one attached hydrogen (secondary N) is 2. The van der Waals surface area contributed by atoms with Gasteiger partial charge in [-0.3, -0.25) is 14.6 Å². The summed E-state index contributed by atoms with van der Waals surface area (Å²) < 4.78 is 3.75. The van der Waals surface area contributed by atoms with Crippen LogP contribution in [0.15, 0.2) is 55.1 Å². The van der Waals surface area contributed by atoms with Gasteiger partial charge in [-0.05, 0) is 30.7 Å². The molecule has 3 aromatic heterocycles. The van der Waals surface area contributed by atoms with Gasteiger partial charge in [-0.2, -0.15) is 10.2 Å². The summed E-state index contributed by atoms with van der Waals surface area (Å²) in [5.74, 6) is 0.722. The van der Waals surface area contributed by atoms with Crippen molar-refractivity contribution in [3.8, 4) is 11.4 Å². The summed E-state index contributed by atoms with van der Waals surface area (Å²) in [4.78, 5) is 17.0. The Bertz CT molecular complexity index is 1090.